The van der Waals surface area contributed by atoms with Crippen LogP contribution in [0, 0.1) is 0 Å². The topological polar surface area (TPSA) is 56.8 Å². The number of nitrogens with one attached hydrogen (secondary N) is 1. The van der Waals surface area contributed by atoms with Gasteiger partial charge in [0.15, 0.2) is 0 Å². The molecule has 0 aromatic carbocycles. The lowest BCUT2D eigenvalue weighted by Crippen LogP contribution is -2.46. The lowest BCUT2D eigenvalue weighted by molar-refractivity contribution is -0.154. The third-order valence-electron chi connectivity index (χ3n) is 4.02. The summed E-state index contributed by atoms with van der Waals surface area (Å²) in [4.78, 5) is 11.6. The Balaban J connectivity index is 2.67. The fourth-order valence-corrected chi connectivity index (χ4v) is 2.02. The van der Waals surface area contributed by atoms with E-state index in [9.17, 15) is 18.0 Å². The molecule has 1 heterocycles. The highest BCUT2D eigenvalue weighted by atomic mass is 19.4. The Morgan fingerprint density at radius 1 is 1.16 bits per heavy atom. The molecule has 5 nitrogen and oxygen atoms in total. The van der Waals surface area contributed by atoms with Crippen LogP contribution in [0.1, 0.15) is 54.9 Å². The molecule has 9 heteroatoms. The van der Waals surface area contributed by atoms with E-state index in [0.29, 0.717) is 0 Å². The number of alkyl halides is 3. The molecule has 0 aromatic rings. The van der Waals surface area contributed by atoms with Crippen molar-refractivity contribution in [2.75, 3.05) is 0 Å². The molecule has 0 radical (unpaired) electrons. The lowest BCUT2D eigenvalue weighted by atomic mass is 9.89. The van der Waals surface area contributed by atoms with Crippen LogP contribution in [0.2, 0.25) is 0 Å². The molecule has 0 spiro atoms. The van der Waals surface area contributed by atoms with Gasteiger partial charge in [-0.05, 0) is 54.9 Å². The van der Waals surface area contributed by atoms with Crippen molar-refractivity contribution in [2.24, 2.45) is 0 Å². The van der Waals surface area contributed by atoms with Crippen molar-refractivity contribution in [3.8, 4) is 0 Å². The minimum Gasteiger partial charge on any atom is -0.444 e. The predicted octanol–water partition coefficient (Wildman–Crippen LogP) is 4.02. The van der Waals surface area contributed by atoms with Crippen LogP contribution < -0.4 is 5.32 Å². The van der Waals surface area contributed by atoms with Gasteiger partial charge >= 0.3 is 19.4 Å². The first-order valence-electron chi connectivity index (χ1n) is 8.12. The molecule has 1 aliphatic heterocycles. The number of ether oxygens (including phenoxy) is 1. The average Bonchev–Trinajstić information content (AvgIpc) is 2.52. The van der Waals surface area contributed by atoms with Gasteiger partial charge in [0.2, 0.25) is 0 Å². The number of carbonyl (C=O) groups is 1. The van der Waals surface area contributed by atoms with Gasteiger partial charge in [-0.3, -0.25) is 0 Å². The summed E-state index contributed by atoms with van der Waals surface area (Å²) in [6.45, 7) is 12.1. The zero-order valence-corrected chi connectivity index (χ0v) is 15.8. The summed E-state index contributed by atoms with van der Waals surface area (Å²) in [6.07, 6.45) is -4.87. The van der Waals surface area contributed by atoms with Crippen molar-refractivity contribution >= 4 is 13.2 Å². The Bertz CT molecular complexity index is 496. The van der Waals surface area contributed by atoms with Crippen LogP contribution in [0.5, 0.6) is 0 Å². The van der Waals surface area contributed by atoms with E-state index in [1.165, 1.54) is 12.1 Å². The molecule has 0 aliphatic carbocycles. The lowest BCUT2D eigenvalue weighted by Gasteiger charge is -2.32. The molecule has 0 aromatic heterocycles. The van der Waals surface area contributed by atoms with Crippen LogP contribution in [-0.4, -0.2) is 42.2 Å². The SMILES string of the molecule is CC(C)(C)OC(=O)N[C@H](C/C=C/B1OC(C)(C)C(C)(C)O1)C(F)(F)F. The third kappa shape index (κ3) is 6.54. The average molecular weight is 365 g/mol. The number of carbonyl (C=O) groups excluding carboxylic acids is 1. The minimum atomic E-state index is -4.60. The van der Waals surface area contributed by atoms with Gasteiger partial charge in [-0.15, -0.1) is 0 Å². The first-order chi connectivity index (χ1) is 11.0. The zero-order chi connectivity index (χ0) is 19.7. The molecule has 1 atom stereocenters. The maximum Gasteiger partial charge on any atom is 0.486 e. The highest BCUT2D eigenvalue weighted by Gasteiger charge is 2.50. The zero-order valence-electron chi connectivity index (χ0n) is 15.8. The fourth-order valence-electron chi connectivity index (χ4n) is 2.02. The van der Waals surface area contributed by atoms with E-state index in [-0.39, 0.29) is 0 Å². The number of hydrogen-bond acceptors (Lipinski definition) is 4. The molecule has 1 saturated heterocycles. The van der Waals surface area contributed by atoms with Gasteiger partial charge in [0.25, 0.3) is 0 Å². The number of hydrogen-bond donors (Lipinski definition) is 1. The van der Waals surface area contributed by atoms with Gasteiger partial charge in [0, 0.05) is 0 Å². The van der Waals surface area contributed by atoms with Crippen molar-refractivity contribution in [2.45, 2.75) is 83.9 Å². The van der Waals surface area contributed by atoms with E-state index in [1.807, 2.05) is 33.0 Å². The Morgan fingerprint density at radius 2 is 1.64 bits per heavy atom. The van der Waals surface area contributed by atoms with Crippen molar-refractivity contribution in [1.29, 1.82) is 0 Å². The van der Waals surface area contributed by atoms with Crippen molar-refractivity contribution in [3.63, 3.8) is 0 Å². The van der Waals surface area contributed by atoms with Crippen LogP contribution in [0.3, 0.4) is 0 Å². The summed E-state index contributed by atoms with van der Waals surface area (Å²) >= 11 is 0. The van der Waals surface area contributed by atoms with E-state index in [1.54, 1.807) is 20.8 Å². The number of amides is 1. The molecule has 1 rings (SSSR count). The third-order valence-corrected chi connectivity index (χ3v) is 4.02. The summed E-state index contributed by atoms with van der Waals surface area (Å²) in [5.41, 5.74) is -2.01. The van der Waals surface area contributed by atoms with Crippen molar-refractivity contribution < 1.29 is 32.0 Å². The number of halogens is 3. The summed E-state index contributed by atoms with van der Waals surface area (Å²) in [6, 6.07) is -2.05. The van der Waals surface area contributed by atoms with Gasteiger partial charge in [-0.25, -0.2) is 4.79 Å². The number of rotatable bonds is 4. The Kier molecular flexibility index (Phi) is 6.28. The molecule has 1 amide bonds. The second-order valence-corrected chi connectivity index (χ2v) is 8.03. The minimum absolute atomic E-state index is 0.452. The Hall–Kier alpha value is -1.22. The standard InChI is InChI=1S/C16H27BF3NO4/c1-13(2,3)23-12(22)21-11(16(18,19)20)9-8-10-17-24-14(4,5)15(6,7)25-17/h8,10-11H,9H2,1-7H3,(H,21,22)/b10-8+/t11-/m1/s1. The highest BCUT2D eigenvalue weighted by Crippen LogP contribution is 2.37. The van der Waals surface area contributed by atoms with E-state index in [0.717, 1.165) is 0 Å². The molecule has 1 N–H and O–H groups in total. The highest BCUT2D eigenvalue weighted by molar-refractivity contribution is 6.51. The molecule has 0 unspecified atom stereocenters. The van der Waals surface area contributed by atoms with Crippen molar-refractivity contribution in [1.82, 2.24) is 5.32 Å². The quantitative estimate of drug-likeness (QED) is 0.765. The summed E-state index contributed by atoms with van der Waals surface area (Å²) in [5.74, 6) is 1.42. The Morgan fingerprint density at radius 3 is 2.04 bits per heavy atom. The van der Waals surface area contributed by atoms with Gasteiger partial charge in [0.1, 0.15) is 11.6 Å². The normalized spacial score (nSPS) is 21.4. The number of alkyl carbamates (subject to hydrolysis) is 1. The predicted molar refractivity (Wildman–Crippen MR) is 89.1 cm³/mol. The van der Waals surface area contributed by atoms with Crippen LogP contribution in [0.25, 0.3) is 0 Å². The molecule has 1 aliphatic rings. The van der Waals surface area contributed by atoms with E-state index in [4.69, 9.17) is 14.0 Å². The van der Waals surface area contributed by atoms with Crippen LogP contribution in [0.15, 0.2) is 12.1 Å². The van der Waals surface area contributed by atoms with Gasteiger partial charge in [-0.1, -0.05) is 12.1 Å². The summed E-state index contributed by atoms with van der Waals surface area (Å²) in [7, 11) is -0.736. The van der Waals surface area contributed by atoms with E-state index in [2.05, 4.69) is 0 Å². The van der Waals surface area contributed by atoms with Gasteiger partial charge in [-0.2, -0.15) is 13.2 Å². The molecule has 144 valence electrons. The molecule has 0 bridgehead atoms. The summed E-state index contributed by atoms with van der Waals surface area (Å²) < 4.78 is 55.5. The van der Waals surface area contributed by atoms with Gasteiger partial charge < -0.3 is 19.4 Å². The maximum atomic E-state index is 13.1. The van der Waals surface area contributed by atoms with Crippen LogP contribution >= 0.6 is 0 Å². The van der Waals surface area contributed by atoms with E-state index < -0.39 is 48.7 Å². The van der Waals surface area contributed by atoms with Crippen molar-refractivity contribution in [3.05, 3.63) is 12.1 Å². The molecular formula is C16H27BF3NO4. The Labute approximate surface area is 147 Å². The molecule has 0 saturated carbocycles. The first-order valence-corrected chi connectivity index (χ1v) is 8.12. The molecule has 25 heavy (non-hydrogen) atoms. The summed E-state index contributed by atoms with van der Waals surface area (Å²) in [5, 5.41) is 1.85. The van der Waals surface area contributed by atoms with Crippen LogP contribution in [0.4, 0.5) is 18.0 Å². The molecule has 1 fully saturated rings. The van der Waals surface area contributed by atoms with Gasteiger partial charge in [0.05, 0.1) is 11.2 Å². The second kappa shape index (κ2) is 7.19. The monoisotopic (exact) mass is 365 g/mol. The van der Waals surface area contributed by atoms with Crippen LogP contribution in [-0.2, 0) is 14.0 Å². The smallest absolute Gasteiger partial charge is 0.444 e. The largest absolute Gasteiger partial charge is 0.486 e. The second-order valence-electron chi connectivity index (χ2n) is 8.03. The van der Waals surface area contributed by atoms with E-state index >= 15 is 0 Å². The molecular weight excluding hydrogens is 338 g/mol. The maximum absolute atomic E-state index is 13.1. The first kappa shape index (κ1) is 21.8. The fraction of sp³-hybridized carbons (Fsp3) is 0.812.